The van der Waals surface area contributed by atoms with Gasteiger partial charge in [-0.25, -0.2) is 0 Å². The summed E-state index contributed by atoms with van der Waals surface area (Å²) in [6.07, 6.45) is 9.75. The molecule has 1 aliphatic heterocycles. The molecule has 1 N–H and O–H groups in total. The van der Waals surface area contributed by atoms with Crippen LogP contribution in [0.1, 0.15) is 12.8 Å². The number of benzene rings is 1. The Bertz CT molecular complexity index is 538. The minimum atomic E-state index is 0.170. The van der Waals surface area contributed by atoms with Crippen LogP contribution in [0.25, 0.3) is 0 Å². The van der Waals surface area contributed by atoms with Crippen LogP contribution in [0.4, 0.5) is 0 Å². The van der Waals surface area contributed by atoms with Crippen LogP contribution in [-0.2, 0) is 0 Å². The molecule has 1 heterocycles. The Morgan fingerprint density at radius 2 is 2.12 bits per heavy atom. The molecule has 1 aliphatic carbocycles. The minimum Gasteiger partial charge on any atom is -0.508 e. The highest BCUT2D eigenvalue weighted by molar-refractivity contribution is 5.49. The summed E-state index contributed by atoms with van der Waals surface area (Å²) in [5.74, 6) is 2.09. The summed E-state index contributed by atoms with van der Waals surface area (Å²) in [4.78, 5) is 0. The molecule has 2 aliphatic rings. The van der Waals surface area contributed by atoms with E-state index >= 15 is 0 Å². The van der Waals surface area contributed by atoms with Gasteiger partial charge in [-0.1, -0.05) is 18.2 Å². The summed E-state index contributed by atoms with van der Waals surface area (Å²) in [7, 11) is 0. The molecule has 0 aromatic heterocycles. The van der Waals surface area contributed by atoms with Gasteiger partial charge in [0.05, 0.1) is 0 Å². The van der Waals surface area contributed by atoms with E-state index in [0.717, 1.165) is 24.2 Å². The molecule has 1 aromatic carbocycles. The number of phenolic OH excluding ortho intramolecular Hbond substituents is 1. The topological polar surface area (TPSA) is 38.7 Å². The zero-order valence-corrected chi connectivity index (χ0v) is 9.22. The van der Waals surface area contributed by atoms with E-state index in [4.69, 9.17) is 9.47 Å². The monoisotopic (exact) mass is 228 g/mol. The van der Waals surface area contributed by atoms with Crippen LogP contribution in [0.3, 0.4) is 0 Å². The lowest BCUT2D eigenvalue weighted by atomic mass is 10.0. The number of phenols is 1. The lowest BCUT2D eigenvalue weighted by Crippen LogP contribution is -2.08. The molecule has 0 saturated heterocycles. The maximum atomic E-state index is 9.33. The van der Waals surface area contributed by atoms with Crippen LogP contribution in [0.5, 0.6) is 17.2 Å². The fraction of sp³-hybridized carbons (Fsp3) is 0.143. The van der Waals surface area contributed by atoms with E-state index in [0.29, 0.717) is 11.5 Å². The van der Waals surface area contributed by atoms with Crippen molar-refractivity contribution in [2.45, 2.75) is 12.8 Å². The maximum Gasteiger partial charge on any atom is 0.172 e. The van der Waals surface area contributed by atoms with Gasteiger partial charge in [-0.05, 0) is 30.5 Å². The number of rotatable bonds is 1. The van der Waals surface area contributed by atoms with Crippen LogP contribution >= 0.6 is 0 Å². The second-order valence-corrected chi connectivity index (χ2v) is 3.99. The predicted octanol–water partition coefficient (Wildman–Crippen LogP) is 3.28. The fourth-order valence-corrected chi connectivity index (χ4v) is 1.88. The van der Waals surface area contributed by atoms with E-state index in [9.17, 15) is 5.11 Å². The van der Waals surface area contributed by atoms with Gasteiger partial charge >= 0.3 is 0 Å². The number of allylic oxidation sites excluding steroid dienone is 4. The first kappa shape index (κ1) is 10.0. The minimum absolute atomic E-state index is 0.170. The normalized spacial score (nSPS) is 17.4. The lowest BCUT2D eigenvalue weighted by Gasteiger charge is -2.20. The van der Waals surface area contributed by atoms with Gasteiger partial charge in [-0.3, -0.25) is 0 Å². The van der Waals surface area contributed by atoms with Crippen LogP contribution in [-0.4, -0.2) is 5.11 Å². The van der Waals surface area contributed by atoms with E-state index in [1.54, 1.807) is 18.4 Å². The van der Waals surface area contributed by atoms with Crippen LogP contribution < -0.4 is 9.47 Å². The Morgan fingerprint density at radius 1 is 1.18 bits per heavy atom. The summed E-state index contributed by atoms with van der Waals surface area (Å²) < 4.78 is 11.2. The highest BCUT2D eigenvalue weighted by Crippen LogP contribution is 2.37. The summed E-state index contributed by atoms with van der Waals surface area (Å²) in [5.41, 5.74) is 1.13. The quantitative estimate of drug-likeness (QED) is 0.801. The molecule has 0 bridgehead atoms. The predicted molar refractivity (Wildman–Crippen MR) is 63.9 cm³/mol. The molecule has 17 heavy (non-hydrogen) atoms. The third-order valence-electron chi connectivity index (χ3n) is 2.77. The van der Waals surface area contributed by atoms with Gasteiger partial charge in [0.2, 0.25) is 0 Å². The molecule has 86 valence electrons. The van der Waals surface area contributed by atoms with Crippen molar-refractivity contribution >= 4 is 0 Å². The Morgan fingerprint density at radius 3 is 2.94 bits per heavy atom. The van der Waals surface area contributed by atoms with Crippen LogP contribution in [0, 0.1) is 0 Å². The van der Waals surface area contributed by atoms with Crippen molar-refractivity contribution in [3.8, 4) is 17.2 Å². The Labute approximate surface area is 99.3 Å². The fourth-order valence-electron chi connectivity index (χ4n) is 1.88. The molecular weight excluding hydrogens is 216 g/mol. The Balaban J connectivity index is 1.89. The summed E-state index contributed by atoms with van der Waals surface area (Å²) in [6, 6.07) is 4.83. The zero-order valence-electron chi connectivity index (χ0n) is 9.22. The average molecular weight is 228 g/mol. The summed E-state index contributed by atoms with van der Waals surface area (Å²) >= 11 is 0. The largest absolute Gasteiger partial charge is 0.508 e. The van der Waals surface area contributed by atoms with Crippen molar-refractivity contribution in [3.05, 3.63) is 54.0 Å². The molecule has 0 unspecified atom stereocenters. The number of hydrogen-bond acceptors (Lipinski definition) is 3. The molecule has 3 rings (SSSR count). The molecule has 0 saturated carbocycles. The molecule has 0 amide bonds. The molecular formula is C14H12O3. The van der Waals surface area contributed by atoms with Gasteiger partial charge in [-0.2, -0.15) is 0 Å². The van der Waals surface area contributed by atoms with Crippen LogP contribution in [0.15, 0.2) is 54.0 Å². The third kappa shape index (κ3) is 1.91. The maximum absolute atomic E-state index is 9.33. The van der Waals surface area contributed by atoms with Crippen LogP contribution in [0.2, 0.25) is 0 Å². The second-order valence-electron chi connectivity index (χ2n) is 3.99. The molecule has 1 aromatic rings. The smallest absolute Gasteiger partial charge is 0.172 e. The molecule has 3 heteroatoms. The van der Waals surface area contributed by atoms with E-state index in [-0.39, 0.29) is 5.75 Å². The van der Waals surface area contributed by atoms with Gasteiger partial charge in [-0.15, -0.1) is 0 Å². The Hall–Kier alpha value is -2.16. The molecule has 0 radical (unpaired) electrons. The van der Waals surface area contributed by atoms with Crippen molar-refractivity contribution in [3.63, 3.8) is 0 Å². The second kappa shape index (κ2) is 4.01. The lowest BCUT2D eigenvalue weighted by molar-refractivity contribution is 0.328. The van der Waals surface area contributed by atoms with Gasteiger partial charge in [0, 0.05) is 6.07 Å². The van der Waals surface area contributed by atoms with E-state index < -0.39 is 0 Å². The first-order chi connectivity index (χ1) is 8.33. The number of fused-ring (bicyclic) bond motifs is 1. The summed E-state index contributed by atoms with van der Waals surface area (Å²) in [5, 5.41) is 9.33. The summed E-state index contributed by atoms with van der Waals surface area (Å²) in [6.45, 7) is 0. The van der Waals surface area contributed by atoms with Gasteiger partial charge in [0.1, 0.15) is 12.0 Å². The van der Waals surface area contributed by atoms with Crippen molar-refractivity contribution in [1.29, 1.82) is 0 Å². The van der Waals surface area contributed by atoms with E-state index in [1.165, 1.54) is 6.07 Å². The molecule has 0 spiro atoms. The molecule has 3 nitrogen and oxygen atoms in total. The van der Waals surface area contributed by atoms with Crippen molar-refractivity contribution in [1.82, 2.24) is 0 Å². The first-order valence-corrected chi connectivity index (χ1v) is 5.57. The molecule has 0 atom stereocenters. The highest BCUT2D eigenvalue weighted by Gasteiger charge is 2.17. The first-order valence-electron chi connectivity index (χ1n) is 5.57. The Kier molecular flexibility index (Phi) is 2.37. The highest BCUT2D eigenvalue weighted by atomic mass is 16.6. The SMILES string of the molecule is Oc1ccc2c(c1)OC=C(C1=CC=CCC1)O2. The number of hydrogen-bond donors (Lipinski definition) is 1. The number of aromatic hydroxyl groups is 1. The van der Waals surface area contributed by atoms with Crippen molar-refractivity contribution in [2.24, 2.45) is 0 Å². The number of ether oxygens (including phenoxy) is 2. The van der Waals surface area contributed by atoms with E-state index in [1.807, 2.05) is 12.2 Å². The van der Waals surface area contributed by atoms with Crippen molar-refractivity contribution in [2.75, 3.05) is 0 Å². The average Bonchev–Trinajstić information content (AvgIpc) is 2.39. The standard InChI is InChI=1S/C14H12O3/c15-11-6-7-12-13(8-11)16-9-14(17-12)10-4-2-1-3-5-10/h1-2,4,6-9,15H,3,5H2. The molecule has 0 fully saturated rings. The van der Waals surface area contributed by atoms with Crippen molar-refractivity contribution < 1.29 is 14.6 Å². The van der Waals surface area contributed by atoms with Gasteiger partial charge in [0.15, 0.2) is 17.3 Å². The van der Waals surface area contributed by atoms with Gasteiger partial charge in [0.25, 0.3) is 0 Å². The van der Waals surface area contributed by atoms with E-state index in [2.05, 4.69) is 6.08 Å². The zero-order chi connectivity index (χ0) is 11.7. The third-order valence-corrected chi connectivity index (χ3v) is 2.77. The van der Waals surface area contributed by atoms with Gasteiger partial charge < -0.3 is 14.6 Å².